The van der Waals surface area contributed by atoms with Crippen LogP contribution in [-0.2, 0) is 5.92 Å². The van der Waals surface area contributed by atoms with Crippen molar-refractivity contribution < 1.29 is 8.78 Å². The molecule has 3 heteroatoms. The Hall–Kier alpha value is -0.960. The van der Waals surface area contributed by atoms with Gasteiger partial charge in [-0.2, -0.15) is 0 Å². The van der Waals surface area contributed by atoms with E-state index in [-0.39, 0.29) is 12.0 Å². The lowest BCUT2D eigenvalue weighted by Gasteiger charge is -2.18. The fourth-order valence-corrected chi connectivity index (χ4v) is 1.20. The normalized spacial score (nSPS) is 14.2. The van der Waals surface area contributed by atoms with E-state index in [1.807, 2.05) is 0 Å². The fourth-order valence-electron chi connectivity index (χ4n) is 1.20. The number of hydrogen-bond donors (Lipinski definition) is 1. The van der Waals surface area contributed by atoms with E-state index in [0.29, 0.717) is 0 Å². The van der Waals surface area contributed by atoms with Crippen molar-refractivity contribution in [2.45, 2.75) is 25.3 Å². The van der Waals surface area contributed by atoms with E-state index in [9.17, 15) is 8.78 Å². The van der Waals surface area contributed by atoms with Crippen molar-refractivity contribution in [2.24, 2.45) is 5.73 Å². The van der Waals surface area contributed by atoms with Gasteiger partial charge in [0.05, 0.1) is 0 Å². The summed E-state index contributed by atoms with van der Waals surface area (Å²) >= 11 is 0. The van der Waals surface area contributed by atoms with Crippen molar-refractivity contribution in [3.8, 4) is 0 Å². The first-order chi connectivity index (χ1) is 6.02. The van der Waals surface area contributed by atoms with Crippen LogP contribution in [0.1, 0.15) is 18.9 Å². The summed E-state index contributed by atoms with van der Waals surface area (Å²) in [5, 5.41) is 0. The zero-order valence-electron chi connectivity index (χ0n) is 7.50. The van der Waals surface area contributed by atoms with Gasteiger partial charge in [0, 0.05) is 18.0 Å². The van der Waals surface area contributed by atoms with Crippen molar-refractivity contribution in [3.63, 3.8) is 0 Å². The molecule has 0 aliphatic heterocycles. The van der Waals surface area contributed by atoms with Gasteiger partial charge in [0.2, 0.25) is 0 Å². The molecule has 1 rings (SSSR count). The average molecular weight is 185 g/mol. The zero-order valence-corrected chi connectivity index (χ0v) is 7.50. The molecule has 0 saturated heterocycles. The van der Waals surface area contributed by atoms with Crippen LogP contribution in [0.2, 0.25) is 0 Å². The highest BCUT2D eigenvalue weighted by atomic mass is 19.3. The number of hydrogen-bond acceptors (Lipinski definition) is 1. The standard InChI is InChI=1S/C10H13F2N/c1-8(13)7-10(11,12)9-5-3-2-4-6-9/h2-6,8H,7,13H2,1H3/t8-/m1/s1. The van der Waals surface area contributed by atoms with Crippen LogP contribution in [0.5, 0.6) is 0 Å². The number of nitrogens with two attached hydrogens (primary N) is 1. The molecule has 1 aromatic carbocycles. The Labute approximate surface area is 76.6 Å². The second kappa shape index (κ2) is 3.83. The molecule has 2 N–H and O–H groups in total. The van der Waals surface area contributed by atoms with Gasteiger partial charge in [-0.15, -0.1) is 0 Å². The Morgan fingerprint density at radius 1 is 1.31 bits per heavy atom. The Morgan fingerprint density at radius 2 is 1.85 bits per heavy atom. The van der Waals surface area contributed by atoms with Gasteiger partial charge in [-0.1, -0.05) is 30.3 Å². The smallest absolute Gasteiger partial charge is 0.274 e. The maximum absolute atomic E-state index is 13.3. The Balaban J connectivity index is 2.81. The summed E-state index contributed by atoms with van der Waals surface area (Å²) in [6.07, 6.45) is -0.309. The van der Waals surface area contributed by atoms with Crippen LogP contribution in [0.3, 0.4) is 0 Å². The van der Waals surface area contributed by atoms with Crippen molar-refractivity contribution >= 4 is 0 Å². The third-order valence-corrected chi connectivity index (χ3v) is 1.77. The molecule has 0 amide bonds. The maximum atomic E-state index is 13.3. The van der Waals surface area contributed by atoms with Crippen LogP contribution >= 0.6 is 0 Å². The predicted molar refractivity (Wildman–Crippen MR) is 48.6 cm³/mol. The molecule has 0 saturated carbocycles. The largest absolute Gasteiger partial charge is 0.328 e. The second-order valence-electron chi connectivity index (χ2n) is 3.25. The van der Waals surface area contributed by atoms with Crippen molar-refractivity contribution in [2.75, 3.05) is 0 Å². The van der Waals surface area contributed by atoms with E-state index in [2.05, 4.69) is 0 Å². The van der Waals surface area contributed by atoms with E-state index in [4.69, 9.17) is 5.73 Å². The van der Waals surface area contributed by atoms with Gasteiger partial charge in [-0.25, -0.2) is 8.78 Å². The van der Waals surface area contributed by atoms with Crippen molar-refractivity contribution in [1.82, 2.24) is 0 Å². The Kier molecular flexibility index (Phi) is 2.98. The summed E-state index contributed by atoms with van der Waals surface area (Å²) < 4.78 is 26.7. The molecule has 1 aromatic rings. The van der Waals surface area contributed by atoms with Crippen LogP contribution in [-0.4, -0.2) is 6.04 Å². The number of halogens is 2. The molecule has 0 bridgehead atoms. The summed E-state index contributed by atoms with van der Waals surface area (Å²) in [5.41, 5.74) is 5.37. The number of alkyl halides is 2. The lowest BCUT2D eigenvalue weighted by molar-refractivity contribution is -0.0181. The summed E-state index contributed by atoms with van der Waals surface area (Å²) in [7, 11) is 0. The first-order valence-corrected chi connectivity index (χ1v) is 4.21. The Morgan fingerprint density at radius 3 is 2.31 bits per heavy atom. The van der Waals surface area contributed by atoms with Gasteiger partial charge in [0.1, 0.15) is 0 Å². The fraction of sp³-hybridized carbons (Fsp3) is 0.400. The van der Waals surface area contributed by atoms with Crippen molar-refractivity contribution in [1.29, 1.82) is 0 Å². The topological polar surface area (TPSA) is 26.0 Å². The molecule has 0 unspecified atom stereocenters. The molecule has 0 radical (unpaired) electrons. The van der Waals surface area contributed by atoms with Crippen LogP contribution in [0.15, 0.2) is 30.3 Å². The molecule has 0 fully saturated rings. The van der Waals surface area contributed by atoms with Crippen LogP contribution in [0, 0.1) is 0 Å². The number of benzene rings is 1. The molecule has 0 aromatic heterocycles. The molecular weight excluding hydrogens is 172 g/mol. The quantitative estimate of drug-likeness (QED) is 0.769. The molecule has 0 aliphatic carbocycles. The van der Waals surface area contributed by atoms with Gasteiger partial charge in [-0.05, 0) is 6.92 Å². The van der Waals surface area contributed by atoms with E-state index < -0.39 is 12.0 Å². The molecule has 72 valence electrons. The van der Waals surface area contributed by atoms with E-state index in [0.717, 1.165) is 0 Å². The van der Waals surface area contributed by atoms with Gasteiger partial charge >= 0.3 is 0 Å². The van der Waals surface area contributed by atoms with E-state index >= 15 is 0 Å². The molecule has 0 spiro atoms. The number of rotatable bonds is 3. The lowest BCUT2D eigenvalue weighted by Crippen LogP contribution is -2.26. The van der Waals surface area contributed by atoms with Gasteiger partial charge in [0.15, 0.2) is 0 Å². The van der Waals surface area contributed by atoms with Gasteiger partial charge < -0.3 is 5.73 Å². The van der Waals surface area contributed by atoms with Crippen LogP contribution < -0.4 is 5.73 Å². The minimum absolute atomic E-state index is 0.0345. The third kappa shape index (κ3) is 2.77. The summed E-state index contributed by atoms with van der Waals surface area (Å²) in [4.78, 5) is 0. The van der Waals surface area contributed by atoms with Gasteiger partial charge in [-0.3, -0.25) is 0 Å². The first-order valence-electron chi connectivity index (χ1n) is 4.21. The highest BCUT2D eigenvalue weighted by molar-refractivity contribution is 5.19. The van der Waals surface area contributed by atoms with Crippen LogP contribution in [0.25, 0.3) is 0 Å². The molecule has 0 heterocycles. The molecule has 0 aliphatic rings. The third-order valence-electron chi connectivity index (χ3n) is 1.77. The summed E-state index contributed by atoms with van der Waals surface area (Å²) in [6, 6.07) is 7.26. The van der Waals surface area contributed by atoms with Crippen molar-refractivity contribution in [3.05, 3.63) is 35.9 Å². The monoisotopic (exact) mass is 185 g/mol. The van der Waals surface area contributed by atoms with E-state index in [1.54, 1.807) is 25.1 Å². The lowest BCUT2D eigenvalue weighted by atomic mass is 10.0. The minimum Gasteiger partial charge on any atom is -0.328 e. The Bertz CT molecular complexity index is 257. The molecule has 13 heavy (non-hydrogen) atoms. The highest BCUT2D eigenvalue weighted by Crippen LogP contribution is 2.31. The summed E-state index contributed by atoms with van der Waals surface area (Å²) in [6.45, 7) is 1.58. The molecular formula is C10H13F2N. The highest BCUT2D eigenvalue weighted by Gasteiger charge is 2.31. The molecule has 1 atom stereocenters. The first kappa shape index (κ1) is 10.1. The second-order valence-corrected chi connectivity index (χ2v) is 3.25. The van der Waals surface area contributed by atoms with Crippen LogP contribution in [0.4, 0.5) is 8.78 Å². The minimum atomic E-state index is -2.81. The van der Waals surface area contributed by atoms with E-state index in [1.165, 1.54) is 12.1 Å². The maximum Gasteiger partial charge on any atom is 0.274 e. The molecule has 1 nitrogen and oxygen atoms in total. The zero-order chi connectivity index (χ0) is 9.90. The average Bonchev–Trinajstić information content (AvgIpc) is 2.04. The predicted octanol–water partition coefficient (Wildman–Crippen LogP) is 2.52. The summed E-state index contributed by atoms with van der Waals surface area (Å²) in [5.74, 6) is -2.81. The van der Waals surface area contributed by atoms with Gasteiger partial charge in [0.25, 0.3) is 5.92 Å². The SMILES string of the molecule is C[C@@H](N)CC(F)(F)c1ccccc1.